The molecule has 4 rings (SSSR count). The summed E-state index contributed by atoms with van der Waals surface area (Å²) in [5.74, 6) is -1.52. The third-order valence-electron chi connectivity index (χ3n) is 4.23. The topological polar surface area (TPSA) is 59.8 Å². The summed E-state index contributed by atoms with van der Waals surface area (Å²) in [7, 11) is 0. The van der Waals surface area contributed by atoms with E-state index in [1.807, 2.05) is 6.07 Å². The zero-order chi connectivity index (χ0) is 22.2. The highest BCUT2D eigenvalue weighted by atomic mass is 127. The van der Waals surface area contributed by atoms with E-state index in [1.54, 1.807) is 29.6 Å². The highest BCUT2D eigenvalue weighted by molar-refractivity contribution is 14.1. The maximum atomic E-state index is 14.7. The first-order valence-electron chi connectivity index (χ1n) is 8.66. The highest BCUT2D eigenvalue weighted by Crippen LogP contribution is 2.31. The number of nitrogens with one attached hydrogen (secondary N) is 1. The van der Waals surface area contributed by atoms with E-state index in [0.29, 0.717) is 21.7 Å². The van der Waals surface area contributed by atoms with Crippen LogP contribution in [0.5, 0.6) is 0 Å². The van der Waals surface area contributed by atoms with Gasteiger partial charge >= 0.3 is 6.18 Å². The van der Waals surface area contributed by atoms with Gasteiger partial charge in [-0.1, -0.05) is 18.2 Å². The summed E-state index contributed by atoms with van der Waals surface area (Å²) >= 11 is 3.37. The van der Waals surface area contributed by atoms with Crippen molar-refractivity contribution in [3.8, 4) is 16.9 Å². The van der Waals surface area contributed by atoms with Crippen LogP contribution in [0.25, 0.3) is 16.9 Å². The van der Waals surface area contributed by atoms with Gasteiger partial charge in [-0.25, -0.2) is 14.1 Å². The average Bonchev–Trinajstić information content (AvgIpc) is 3.37. The fourth-order valence-corrected chi connectivity index (χ4v) is 4.55. The monoisotopic (exact) mass is 558 g/mol. The van der Waals surface area contributed by atoms with Gasteiger partial charge in [-0.15, -0.1) is 11.3 Å². The van der Waals surface area contributed by atoms with Crippen LogP contribution in [0.1, 0.15) is 15.4 Å². The van der Waals surface area contributed by atoms with Gasteiger partial charge in [-0.3, -0.25) is 4.79 Å². The number of halogens is 5. The Bertz CT molecular complexity index is 1270. The number of hydrogen-bond acceptors (Lipinski definition) is 4. The SMILES string of the molecule is O=C(Nc1ccccc1-c1cnc(-n2ccc(C(F)(F)F)n2)c(F)c1)c1sccc1I. The molecule has 4 aromatic rings. The van der Waals surface area contributed by atoms with Gasteiger partial charge in [0.2, 0.25) is 0 Å². The molecule has 5 nitrogen and oxygen atoms in total. The first-order chi connectivity index (χ1) is 14.7. The highest BCUT2D eigenvalue weighted by Gasteiger charge is 2.34. The summed E-state index contributed by atoms with van der Waals surface area (Å²) in [5, 5.41) is 7.96. The molecule has 11 heteroatoms. The van der Waals surface area contributed by atoms with Crippen LogP contribution in [0.2, 0.25) is 0 Å². The molecule has 0 fully saturated rings. The molecule has 0 saturated carbocycles. The summed E-state index contributed by atoms with van der Waals surface area (Å²) in [4.78, 5) is 17.1. The Labute approximate surface area is 190 Å². The van der Waals surface area contributed by atoms with E-state index in [-0.39, 0.29) is 11.7 Å². The van der Waals surface area contributed by atoms with Crippen molar-refractivity contribution in [2.45, 2.75) is 6.18 Å². The van der Waals surface area contributed by atoms with Gasteiger partial charge in [0.25, 0.3) is 5.91 Å². The molecule has 3 heterocycles. The number of thiophene rings is 1. The number of aromatic nitrogens is 3. The minimum absolute atomic E-state index is 0.298. The van der Waals surface area contributed by atoms with Crippen molar-refractivity contribution in [3.63, 3.8) is 0 Å². The lowest BCUT2D eigenvalue weighted by atomic mass is 10.1. The van der Waals surface area contributed by atoms with Crippen molar-refractivity contribution in [2.75, 3.05) is 5.32 Å². The normalized spacial score (nSPS) is 11.5. The molecule has 0 aliphatic carbocycles. The van der Waals surface area contributed by atoms with E-state index >= 15 is 0 Å². The number of benzene rings is 1. The predicted octanol–water partition coefficient (Wildman–Crippen LogP) is 6.01. The number of hydrogen-bond donors (Lipinski definition) is 1. The van der Waals surface area contributed by atoms with Crippen LogP contribution >= 0.6 is 33.9 Å². The van der Waals surface area contributed by atoms with E-state index < -0.39 is 17.7 Å². The third-order valence-corrected chi connectivity index (χ3v) is 6.41. The summed E-state index contributed by atoms with van der Waals surface area (Å²) in [5.41, 5.74) is 0.163. The summed E-state index contributed by atoms with van der Waals surface area (Å²) in [6.45, 7) is 0. The van der Waals surface area contributed by atoms with E-state index in [4.69, 9.17) is 0 Å². The number of nitrogens with zero attached hydrogens (tertiary/aromatic N) is 3. The molecule has 0 atom stereocenters. The molecule has 0 spiro atoms. The fourth-order valence-electron chi connectivity index (χ4n) is 2.82. The van der Waals surface area contributed by atoms with Crippen LogP contribution < -0.4 is 5.32 Å². The fraction of sp³-hybridized carbons (Fsp3) is 0.0500. The van der Waals surface area contributed by atoms with E-state index in [2.05, 4.69) is 38.0 Å². The zero-order valence-electron chi connectivity index (χ0n) is 15.3. The Morgan fingerprint density at radius 2 is 1.94 bits per heavy atom. The van der Waals surface area contributed by atoms with Crippen molar-refractivity contribution in [1.29, 1.82) is 0 Å². The lowest BCUT2D eigenvalue weighted by molar-refractivity contribution is -0.141. The molecule has 1 aromatic carbocycles. The third kappa shape index (κ3) is 4.46. The quantitative estimate of drug-likeness (QED) is 0.247. The first kappa shape index (κ1) is 21.4. The van der Waals surface area contributed by atoms with Gasteiger partial charge in [-0.05, 0) is 52.2 Å². The van der Waals surface area contributed by atoms with E-state index in [9.17, 15) is 22.4 Å². The second kappa shape index (κ2) is 8.38. The molecular formula is C20H11F4IN4OS. The van der Waals surface area contributed by atoms with Crippen LogP contribution in [0.4, 0.5) is 23.2 Å². The van der Waals surface area contributed by atoms with Gasteiger partial charge in [-0.2, -0.15) is 18.3 Å². The van der Waals surface area contributed by atoms with Crippen LogP contribution in [-0.4, -0.2) is 20.7 Å². The Balaban J connectivity index is 1.65. The van der Waals surface area contributed by atoms with Gasteiger partial charge in [0.05, 0.1) is 0 Å². The average molecular weight is 558 g/mol. The summed E-state index contributed by atoms with van der Waals surface area (Å²) in [6.07, 6.45) is -2.34. The molecular weight excluding hydrogens is 547 g/mol. The number of para-hydroxylation sites is 1. The lowest BCUT2D eigenvalue weighted by Crippen LogP contribution is -2.12. The minimum atomic E-state index is -4.64. The lowest BCUT2D eigenvalue weighted by Gasteiger charge is -2.12. The smallest absolute Gasteiger partial charge is 0.321 e. The summed E-state index contributed by atoms with van der Waals surface area (Å²) < 4.78 is 54.5. The van der Waals surface area contributed by atoms with Crippen LogP contribution in [0.3, 0.4) is 0 Å². The van der Waals surface area contributed by atoms with Crippen molar-refractivity contribution in [2.24, 2.45) is 0 Å². The number of anilines is 1. The van der Waals surface area contributed by atoms with Crippen LogP contribution in [0.15, 0.2) is 60.2 Å². The van der Waals surface area contributed by atoms with Crippen LogP contribution in [0, 0.1) is 9.39 Å². The molecule has 1 amide bonds. The number of pyridine rings is 1. The molecule has 0 radical (unpaired) electrons. The second-order valence-corrected chi connectivity index (χ2v) is 8.35. The Kier molecular flexibility index (Phi) is 5.79. The standard InChI is InChI=1S/C20H11F4IN4OS/c21-13-9-11(10-26-18(13)29-7-5-16(28-29)20(22,23)24)12-3-1-2-4-15(12)27-19(30)17-14(25)6-8-31-17/h1-10H,(H,27,30). The van der Waals surface area contributed by atoms with Crippen molar-refractivity contribution in [1.82, 2.24) is 14.8 Å². The van der Waals surface area contributed by atoms with Gasteiger partial charge < -0.3 is 5.32 Å². The molecule has 31 heavy (non-hydrogen) atoms. The first-order valence-corrected chi connectivity index (χ1v) is 10.6. The Morgan fingerprint density at radius 1 is 1.16 bits per heavy atom. The Morgan fingerprint density at radius 3 is 2.58 bits per heavy atom. The largest absolute Gasteiger partial charge is 0.435 e. The number of alkyl halides is 3. The van der Waals surface area contributed by atoms with Gasteiger partial charge in [0.1, 0.15) is 4.88 Å². The molecule has 0 bridgehead atoms. The molecule has 0 unspecified atom stereocenters. The maximum Gasteiger partial charge on any atom is 0.435 e. The van der Waals surface area contributed by atoms with E-state index in [1.165, 1.54) is 17.5 Å². The second-order valence-electron chi connectivity index (χ2n) is 6.27. The number of carbonyl (C=O) groups excluding carboxylic acids is 1. The van der Waals surface area contributed by atoms with Gasteiger partial charge in [0.15, 0.2) is 17.3 Å². The van der Waals surface area contributed by atoms with Crippen molar-refractivity contribution >= 4 is 45.5 Å². The van der Waals surface area contributed by atoms with Crippen molar-refractivity contribution in [3.05, 3.63) is 80.2 Å². The molecule has 0 saturated heterocycles. The molecule has 3 aromatic heterocycles. The van der Waals surface area contributed by atoms with Crippen molar-refractivity contribution < 1.29 is 22.4 Å². The maximum absolute atomic E-state index is 14.7. The molecule has 0 aliphatic heterocycles. The molecule has 1 N–H and O–H groups in total. The Hall–Kier alpha value is -2.80. The number of carbonyl (C=O) groups is 1. The van der Waals surface area contributed by atoms with Crippen LogP contribution in [-0.2, 0) is 6.18 Å². The zero-order valence-corrected chi connectivity index (χ0v) is 18.3. The predicted molar refractivity (Wildman–Crippen MR) is 117 cm³/mol. The number of rotatable bonds is 4. The molecule has 158 valence electrons. The molecule has 0 aliphatic rings. The van der Waals surface area contributed by atoms with E-state index in [0.717, 1.165) is 26.6 Å². The minimum Gasteiger partial charge on any atom is -0.321 e. The van der Waals surface area contributed by atoms with Gasteiger partial charge in [0, 0.05) is 32.8 Å². The number of amides is 1. The summed E-state index contributed by atoms with van der Waals surface area (Å²) in [6, 6.07) is 10.5.